The molecule has 29 heavy (non-hydrogen) atoms. The zero-order valence-electron chi connectivity index (χ0n) is 15.0. The van der Waals surface area contributed by atoms with Gasteiger partial charge in [0, 0.05) is 21.5 Å². The van der Waals surface area contributed by atoms with E-state index in [-0.39, 0.29) is 10.6 Å². The maximum Gasteiger partial charge on any atom is 0.325 e. The van der Waals surface area contributed by atoms with E-state index in [4.69, 9.17) is 17.3 Å². The molecule has 1 heterocycles. The Morgan fingerprint density at radius 3 is 2.55 bits per heavy atom. The number of carbonyl (C=O) groups is 1. The summed E-state index contributed by atoms with van der Waals surface area (Å²) >= 11 is 6.97. The first-order valence-electron chi connectivity index (χ1n) is 8.70. The molecule has 6 nitrogen and oxygen atoms in total. The number of rotatable bonds is 6. The Morgan fingerprint density at radius 2 is 1.90 bits per heavy atom. The van der Waals surface area contributed by atoms with Gasteiger partial charge in [0.2, 0.25) is 0 Å². The Balaban J connectivity index is 1.61. The molecule has 0 aliphatic heterocycles. The van der Waals surface area contributed by atoms with E-state index in [2.05, 4.69) is 4.72 Å². The molecule has 0 spiro atoms. The fraction of sp³-hybridized carbons (Fsp3) is 0.150. The summed E-state index contributed by atoms with van der Waals surface area (Å²) in [6, 6.07) is 17.1. The highest BCUT2D eigenvalue weighted by Gasteiger charge is 2.63. The third-order valence-corrected chi connectivity index (χ3v) is 8.33. The Kier molecular flexibility index (Phi) is 4.90. The van der Waals surface area contributed by atoms with Crippen molar-refractivity contribution in [3.8, 4) is 10.4 Å². The highest BCUT2D eigenvalue weighted by Crippen LogP contribution is 2.53. The van der Waals surface area contributed by atoms with Gasteiger partial charge in [0.25, 0.3) is 10.0 Å². The van der Waals surface area contributed by atoms with Gasteiger partial charge in [-0.2, -0.15) is 4.72 Å². The van der Waals surface area contributed by atoms with Crippen LogP contribution in [-0.2, 0) is 14.8 Å². The van der Waals surface area contributed by atoms with Crippen LogP contribution < -0.4 is 10.5 Å². The Labute approximate surface area is 177 Å². The lowest BCUT2D eigenvalue weighted by atomic mass is 10.1. The molecular formula is C20H17ClN2O4S2. The molecule has 1 saturated carbocycles. The first kappa shape index (κ1) is 19.9. The molecule has 2 atom stereocenters. The number of aliphatic carboxylic acids is 1. The lowest BCUT2D eigenvalue weighted by Gasteiger charge is -2.15. The minimum Gasteiger partial charge on any atom is -0.480 e. The fourth-order valence-corrected chi connectivity index (χ4v) is 6.20. The Bertz CT molecular complexity index is 1190. The summed E-state index contributed by atoms with van der Waals surface area (Å²) in [7, 11) is -4.02. The van der Waals surface area contributed by atoms with E-state index in [1.54, 1.807) is 54.6 Å². The van der Waals surface area contributed by atoms with Crippen LogP contribution in [0, 0.1) is 0 Å². The molecule has 0 unspecified atom stereocenters. The Morgan fingerprint density at radius 1 is 1.17 bits per heavy atom. The van der Waals surface area contributed by atoms with Gasteiger partial charge in [-0.15, -0.1) is 11.3 Å². The number of anilines is 1. The van der Waals surface area contributed by atoms with Crippen molar-refractivity contribution in [1.82, 2.24) is 4.72 Å². The van der Waals surface area contributed by atoms with Crippen molar-refractivity contribution in [1.29, 1.82) is 0 Å². The maximum absolute atomic E-state index is 12.9. The highest BCUT2D eigenvalue weighted by atomic mass is 35.5. The van der Waals surface area contributed by atoms with Gasteiger partial charge in [0.1, 0.15) is 9.75 Å². The zero-order chi connectivity index (χ0) is 20.8. The second kappa shape index (κ2) is 7.14. The zero-order valence-corrected chi connectivity index (χ0v) is 17.4. The average molecular weight is 449 g/mol. The van der Waals surface area contributed by atoms with Crippen molar-refractivity contribution >= 4 is 44.6 Å². The van der Waals surface area contributed by atoms with Crippen molar-refractivity contribution in [3.05, 3.63) is 71.2 Å². The number of nitrogens with two attached hydrogens (primary N) is 1. The SMILES string of the molecule is Nc1cccc([C@H]2C[C@@]2(NS(=O)(=O)c2ccc(-c3ccc(Cl)cc3)s2)C(=O)O)c1. The molecule has 3 aromatic rings. The highest BCUT2D eigenvalue weighted by molar-refractivity contribution is 7.91. The van der Waals surface area contributed by atoms with Gasteiger partial charge in [-0.25, -0.2) is 8.42 Å². The van der Waals surface area contributed by atoms with E-state index < -0.39 is 27.4 Å². The molecule has 4 N–H and O–H groups in total. The number of hydrogen-bond donors (Lipinski definition) is 3. The summed E-state index contributed by atoms with van der Waals surface area (Å²) < 4.78 is 28.3. The Hall–Kier alpha value is -2.39. The number of carboxylic acid groups (broad SMARTS) is 1. The van der Waals surface area contributed by atoms with Crippen molar-refractivity contribution in [2.75, 3.05) is 5.73 Å². The third-order valence-electron chi connectivity index (χ3n) is 4.95. The van der Waals surface area contributed by atoms with Crippen molar-refractivity contribution in [3.63, 3.8) is 0 Å². The third kappa shape index (κ3) is 3.76. The second-order valence-electron chi connectivity index (χ2n) is 6.93. The molecule has 0 radical (unpaired) electrons. The van der Waals surface area contributed by atoms with Gasteiger partial charge in [0.05, 0.1) is 0 Å². The van der Waals surface area contributed by atoms with E-state index in [1.165, 1.54) is 6.07 Å². The molecule has 0 amide bonds. The average Bonchev–Trinajstić information content (AvgIpc) is 3.16. The molecule has 2 aromatic carbocycles. The fourth-order valence-electron chi connectivity index (χ4n) is 3.36. The summed E-state index contributed by atoms with van der Waals surface area (Å²) in [6.07, 6.45) is 0.167. The molecule has 0 saturated heterocycles. The summed E-state index contributed by atoms with van der Waals surface area (Å²) in [6.45, 7) is 0. The second-order valence-corrected chi connectivity index (χ2v) is 10.4. The van der Waals surface area contributed by atoms with Crippen LogP contribution in [0.3, 0.4) is 0 Å². The summed E-state index contributed by atoms with van der Waals surface area (Å²) in [4.78, 5) is 12.7. The number of nitrogen functional groups attached to an aromatic ring is 1. The van der Waals surface area contributed by atoms with Gasteiger partial charge in [-0.05, 0) is 53.9 Å². The number of hydrogen-bond acceptors (Lipinski definition) is 5. The van der Waals surface area contributed by atoms with E-state index in [0.717, 1.165) is 21.8 Å². The lowest BCUT2D eigenvalue weighted by molar-refractivity contribution is -0.140. The smallest absolute Gasteiger partial charge is 0.325 e. The number of sulfonamides is 1. The molecule has 0 bridgehead atoms. The van der Waals surface area contributed by atoms with Gasteiger partial charge in [0.15, 0.2) is 0 Å². The first-order chi connectivity index (χ1) is 13.7. The van der Waals surface area contributed by atoms with Crippen molar-refractivity contribution in [2.24, 2.45) is 0 Å². The quantitative estimate of drug-likeness (QED) is 0.495. The van der Waals surface area contributed by atoms with Crippen LogP contribution in [0.1, 0.15) is 17.9 Å². The van der Waals surface area contributed by atoms with E-state index in [0.29, 0.717) is 16.3 Å². The standard InChI is InChI=1S/C20H17ClN2O4S2/c21-14-6-4-12(5-7-14)17-8-9-18(28-17)29(26,27)23-20(19(24)25)11-16(20)13-2-1-3-15(22)10-13/h1-10,16,23H,11,22H2,(H,24,25)/t16-,20+/m1/s1. The molecule has 150 valence electrons. The number of carboxylic acids is 1. The van der Waals surface area contributed by atoms with Crippen LogP contribution in [0.2, 0.25) is 5.02 Å². The van der Waals surface area contributed by atoms with Crippen LogP contribution in [-0.4, -0.2) is 25.0 Å². The largest absolute Gasteiger partial charge is 0.480 e. The predicted molar refractivity (Wildman–Crippen MR) is 114 cm³/mol. The first-order valence-corrected chi connectivity index (χ1v) is 11.4. The van der Waals surface area contributed by atoms with Crippen LogP contribution in [0.15, 0.2) is 64.9 Å². The van der Waals surface area contributed by atoms with Crippen LogP contribution in [0.4, 0.5) is 5.69 Å². The topological polar surface area (TPSA) is 109 Å². The number of nitrogens with one attached hydrogen (secondary N) is 1. The maximum atomic E-state index is 12.9. The predicted octanol–water partition coefficient (Wildman–Crippen LogP) is 3.94. The van der Waals surface area contributed by atoms with Crippen molar-refractivity contribution < 1.29 is 18.3 Å². The minimum absolute atomic E-state index is 0.0568. The number of benzene rings is 2. The van der Waals surface area contributed by atoms with Crippen molar-refractivity contribution in [2.45, 2.75) is 22.1 Å². The number of thiophene rings is 1. The summed E-state index contributed by atoms with van der Waals surface area (Å²) in [5.74, 6) is -1.68. The van der Waals surface area contributed by atoms with Gasteiger partial charge in [-0.3, -0.25) is 4.79 Å². The van der Waals surface area contributed by atoms with E-state index in [1.807, 2.05) is 0 Å². The van der Waals surface area contributed by atoms with Gasteiger partial charge in [-0.1, -0.05) is 35.9 Å². The van der Waals surface area contributed by atoms with Crippen LogP contribution >= 0.6 is 22.9 Å². The summed E-state index contributed by atoms with van der Waals surface area (Å²) in [5.41, 5.74) is 6.24. The van der Waals surface area contributed by atoms with Gasteiger partial charge >= 0.3 is 5.97 Å². The molecule has 1 fully saturated rings. The normalized spacial score (nSPS) is 21.1. The van der Waals surface area contributed by atoms with E-state index in [9.17, 15) is 18.3 Å². The molecule has 4 rings (SSSR count). The molecular weight excluding hydrogens is 432 g/mol. The van der Waals surface area contributed by atoms with Crippen LogP contribution in [0.25, 0.3) is 10.4 Å². The monoisotopic (exact) mass is 448 g/mol. The molecule has 9 heteroatoms. The number of halogens is 1. The summed E-state index contributed by atoms with van der Waals surface area (Å²) in [5, 5.41) is 10.3. The van der Waals surface area contributed by atoms with E-state index >= 15 is 0 Å². The molecule has 1 aromatic heterocycles. The molecule has 1 aliphatic rings. The lowest BCUT2D eigenvalue weighted by Crippen LogP contribution is -2.44. The molecule has 1 aliphatic carbocycles. The minimum atomic E-state index is -4.02. The van der Waals surface area contributed by atoms with Gasteiger partial charge < -0.3 is 10.8 Å². The van der Waals surface area contributed by atoms with Crippen LogP contribution in [0.5, 0.6) is 0 Å².